The molecule has 1 aliphatic rings. The number of carbonyl (C=O) groups excluding carboxylic acids is 1. The van der Waals surface area contributed by atoms with E-state index in [-0.39, 0.29) is 5.91 Å². The second kappa shape index (κ2) is 5.70. The van der Waals surface area contributed by atoms with Gasteiger partial charge in [0.25, 0.3) is 0 Å². The summed E-state index contributed by atoms with van der Waals surface area (Å²) in [5, 5.41) is 2.94. The Morgan fingerprint density at radius 2 is 2.42 bits per heavy atom. The maximum atomic E-state index is 12.3. The molecule has 1 saturated carbocycles. The van der Waals surface area contributed by atoms with Gasteiger partial charge in [-0.1, -0.05) is 25.8 Å². The summed E-state index contributed by atoms with van der Waals surface area (Å²) in [6.45, 7) is 4.62. The third-order valence-corrected chi connectivity index (χ3v) is 4.02. The van der Waals surface area contributed by atoms with Crippen molar-refractivity contribution in [2.24, 2.45) is 11.7 Å². The first-order valence-electron chi connectivity index (χ1n) is 6.99. The predicted octanol–water partition coefficient (Wildman–Crippen LogP) is 1.91. The Kier molecular flexibility index (Phi) is 4.20. The van der Waals surface area contributed by atoms with E-state index in [1.54, 1.807) is 6.20 Å². The molecule has 1 aromatic rings. The molecule has 0 saturated heterocycles. The molecule has 2 atom stereocenters. The molecule has 0 bridgehead atoms. The fraction of sp³-hybridized carbons (Fsp3) is 0.600. The molecule has 0 spiro atoms. The van der Waals surface area contributed by atoms with Crippen LogP contribution >= 0.6 is 0 Å². The van der Waals surface area contributed by atoms with Crippen molar-refractivity contribution < 1.29 is 4.79 Å². The van der Waals surface area contributed by atoms with Gasteiger partial charge in [0.1, 0.15) is 0 Å². The van der Waals surface area contributed by atoms with Crippen LogP contribution in [0.2, 0.25) is 0 Å². The van der Waals surface area contributed by atoms with Crippen LogP contribution in [0.4, 0.5) is 0 Å². The van der Waals surface area contributed by atoms with E-state index in [1.807, 2.05) is 19.1 Å². The van der Waals surface area contributed by atoms with Gasteiger partial charge in [0.15, 0.2) is 0 Å². The second-order valence-corrected chi connectivity index (χ2v) is 5.81. The quantitative estimate of drug-likeness (QED) is 0.873. The lowest BCUT2D eigenvalue weighted by Gasteiger charge is -2.35. The van der Waals surface area contributed by atoms with Crippen molar-refractivity contribution >= 4 is 5.91 Å². The summed E-state index contributed by atoms with van der Waals surface area (Å²) < 4.78 is 0. The summed E-state index contributed by atoms with van der Waals surface area (Å²) in [4.78, 5) is 16.6. The predicted molar refractivity (Wildman–Crippen MR) is 75.4 cm³/mol. The SMILES string of the molecule is Cc1cccnc1CNC(=O)C1(N)CCCC(C)C1. The minimum absolute atomic E-state index is 0.0379. The minimum atomic E-state index is -0.694. The second-order valence-electron chi connectivity index (χ2n) is 5.81. The largest absolute Gasteiger partial charge is 0.349 e. The van der Waals surface area contributed by atoms with Crippen LogP contribution < -0.4 is 11.1 Å². The molecule has 4 heteroatoms. The van der Waals surface area contributed by atoms with E-state index in [9.17, 15) is 4.79 Å². The van der Waals surface area contributed by atoms with Crippen molar-refractivity contribution in [2.75, 3.05) is 0 Å². The first-order chi connectivity index (χ1) is 9.01. The maximum Gasteiger partial charge on any atom is 0.240 e. The summed E-state index contributed by atoms with van der Waals surface area (Å²) in [5.74, 6) is 0.491. The van der Waals surface area contributed by atoms with Gasteiger partial charge in [0.2, 0.25) is 5.91 Å². The molecule has 104 valence electrons. The molecule has 1 amide bonds. The summed E-state index contributed by atoms with van der Waals surface area (Å²) in [6.07, 6.45) is 5.51. The van der Waals surface area contributed by atoms with E-state index < -0.39 is 5.54 Å². The maximum absolute atomic E-state index is 12.3. The number of pyridine rings is 1. The van der Waals surface area contributed by atoms with Crippen LogP contribution in [0.5, 0.6) is 0 Å². The molecule has 1 heterocycles. The fourth-order valence-electron chi connectivity index (χ4n) is 2.84. The van der Waals surface area contributed by atoms with Gasteiger partial charge < -0.3 is 11.1 Å². The molecule has 3 N–H and O–H groups in total. The van der Waals surface area contributed by atoms with Gasteiger partial charge in [-0.25, -0.2) is 0 Å². The zero-order valence-electron chi connectivity index (χ0n) is 11.8. The molecule has 1 aliphatic carbocycles. The van der Waals surface area contributed by atoms with Crippen molar-refractivity contribution in [1.29, 1.82) is 0 Å². The third-order valence-electron chi connectivity index (χ3n) is 4.02. The van der Waals surface area contributed by atoms with E-state index >= 15 is 0 Å². The highest BCUT2D eigenvalue weighted by molar-refractivity contribution is 5.86. The molecular formula is C15H23N3O. The highest BCUT2D eigenvalue weighted by atomic mass is 16.2. The van der Waals surface area contributed by atoms with Crippen LogP contribution in [-0.4, -0.2) is 16.4 Å². The van der Waals surface area contributed by atoms with Crippen molar-refractivity contribution in [3.05, 3.63) is 29.6 Å². The first-order valence-corrected chi connectivity index (χ1v) is 6.99. The highest BCUT2D eigenvalue weighted by Crippen LogP contribution is 2.30. The summed E-state index contributed by atoms with van der Waals surface area (Å²) >= 11 is 0. The Balaban J connectivity index is 1.96. The van der Waals surface area contributed by atoms with E-state index in [1.165, 1.54) is 6.42 Å². The monoisotopic (exact) mass is 261 g/mol. The van der Waals surface area contributed by atoms with Crippen LogP contribution in [0.15, 0.2) is 18.3 Å². The number of nitrogens with two attached hydrogens (primary N) is 1. The Labute approximate surface area is 114 Å². The minimum Gasteiger partial charge on any atom is -0.349 e. The number of carbonyl (C=O) groups is 1. The van der Waals surface area contributed by atoms with Gasteiger partial charge in [0.05, 0.1) is 17.8 Å². The smallest absolute Gasteiger partial charge is 0.240 e. The number of hydrogen-bond acceptors (Lipinski definition) is 3. The summed E-state index contributed by atoms with van der Waals surface area (Å²) in [7, 11) is 0. The average Bonchev–Trinajstić information content (AvgIpc) is 2.37. The third kappa shape index (κ3) is 3.32. The van der Waals surface area contributed by atoms with Crippen LogP contribution in [0.25, 0.3) is 0 Å². The number of amides is 1. The number of rotatable bonds is 3. The molecule has 19 heavy (non-hydrogen) atoms. The van der Waals surface area contributed by atoms with E-state index in [0.29, 0.717) is 12.5 Å². The lowest BCUT2D eigenvalue weighted by Crippen LogP contribution is -2.56. The molecule has 1 fully saturated rings. The number of aromatic nitrogens is 1. The zero-order chi connectivity index (χ0) is 13.9. The molecular weight excluding hydrogens is 238 g/mol. The van der Waals surface area contributed by atoms with Gasteiger partial charge >= 0.3 is 0 Å². The van der Waals surface area contributed by atoms with Crippen LogP contribution in [0, 0.1) is 12.8 Å². The van der Waals surface area contributed by atoms with Crippen molar-refractivity contribution in [1.82, 2.24) is 10.3 Å². The lowest BCUT2D eigenvalue weighted by molar-refractivity contribution is -0.128. The molecule has 0 radical (unpaired) electrons. The van der Waals surface area contributed by atoms with Gasteiger partial charge in [-0.15, -0.1) is 0 Å². The van der Waals surface area contributed by atoms with Crippen LogP contribution in [0.3, 0.4) is 0 Å². The standard InChI is InChI=1S/C15H23N3O/c1-11-5-3-7-15(16,9-11)14(19)18-10-13-12(2)6-4-8-17-13/h4,6,8,11H,3,5,7,9-10,16H2,1-2H3,(H,18,19). The van der Waals surface area contributed by atoms with Gasteiger partial charge in [-0.3, -0.25) is 9.78 Å². The van der Waals surface area contributed by atoms with Crippen molar-refractivity contribution in [3.63, 3.8) is 0 Å². The van der Waals surface area contributed by atoms with Crippen LogP contribution in [-0.2, 0) is 11.3 Å². The number of hydrogen-bond donors (Lipinski definition) is 2. The highest BCUT2D eigenvalue weighted by Gasteiger charge is 2.37. The van der Waals surface area contributed by atoms with Gasteiger partial charge in [0, 0.05) is 6.20 Å². The topological polar surface area (TPSA) is 68.0 Å². The Morgan fingerprint density at radius 1 is 1.63 bits per heavy atom. The summed E-state index contributed by atoms with van der Waals surface area (Å²) in [6, 6.07) is 3.89. The summed E-state index contributed by atoms with van der Waals surface area (Å²) in [5.41, 5.74) is 7.56. The van der Waals surface area contributed by atoms with Gasteiger partial charge in [-0.2, -0.15) is 0 Å². The average molecular weight is 261 g/mol. The first kappa shape index (κ1) is 14.0. The van der Waals surface area contributed by atoms with E-state index in [4.69, 9.17) is 5.73 Å². The number of nitrogens with zero attached hydrogens (tertiary/aromatic N) is 1. The van der Waals surface area contributed by atoms with Crippen LogP contribution in [0.1, 0.15) is 43.9 Å². The number of nitrogens with one attached hydrogen (secondary N) is 1. The van der Waals surface area contributed by atoms with Crippen molar-refractivity contribution in [3.8, 4) is 0 Å². The van der Waals surface area contributed by atoms with E-state index in [2.05, 4.69) is 17.2 Å². The molecule has 2 rings (SSSR count). The molecule has 0 aliphatic heterocycles. The Bertz CT molecular complexity index is 460. The lowest BCUT2D eigenvalue weighted by atomic mass is 9.76. The normalized spacial score (nSPS) is 27.0. The molecule has 2 unspecified atom stereocenters. The molecule has 1 aromatic heterocycles. The fourth-order valence-corrected chi connectivity index (χ4v) is 2.84. The molecule has 4 nitrogen and oxygen atoms in total. The Morgan fingerprint density at radius 3 is 3.11 bits per heavy atom. The molecule has 0 aromatic carbocycles. The zero-order valence-corrected chi connectivity index (χ0v) is 11.8. The van der Waals surface area contributed by atoms with Crippen molar-refractivity contribution in [2.45, 2.75) is 51.6 Å². The van der Waals surface area contributed by atoms with Gasteiger partial charge in [-0.05, 0) is 37.3 Å². The Hall–Kier alpha value is -1.42. The van der Waals surface area contributed by atoms with E-state index in [0.717, 1.165) is 30.5 Å². The number of aryl methyl sites for hydroxylation is 1.